The third kappa shape index (κ3) is 3.33. The third-order valence-electron chi connectivity index (χ3n) is 3.50. The lowest BCUT2D eigenvalue weighted by Gasteiger charge is -2.29. The van der Waals surface area contributed by atoms with Crippen LogP contribution in [0.15, 0.2) is 12.5 Å². The van der Waals surface area contributed by atoms with Crippen molar-refractivity contribution in [2.75, 3.05) is 13.2 Å². The quantitative estimate of drug-likeness (QED) is 0.874. The first kappa shape index (κ1) is 13.6. The third-order valence-corrected chi connectivity index (χ3v) is 3.50. The lowest BCUT2D eigenvalue weighted by Crippen LogP contribution is -2.33. The minimum Gasteiger partial charge on any atom is -0.374 e. The van der Waals surface area contributed by atoms with Crippen molar-refractivity contribution in [3.8, 4) is 0 Å². The van der Waals surface area contributed by atoms with Crippen molar-refractivity contribution in [1.29, 1.82) is 0 Å². The molecule has 1 aromatic rings. The van der Waals surface area contributed by atoms with E-state index in [4.69, 9.17) is 4.74 Å². The predicted molar refractivity (Wildman–Crippen MR) is 72.5 cm³/mol. The number of nitrogens with one attached hydrogen (secondary N) is 1. The Bertz CT molecular complexity index is 367. The zero-order valence-electron chi connectivity index (χ0n) is 11.8. The van der Waals surface area contributed by atoms with Gasteiger partial charge in [-0.2, -0.15) is 0 Å². The normalized spacial score (nSPS) is 21.2. The second kappa shape index (κ2) is 5.85. The number of aromatic nitrogens is 2. The highest BCUT2D eigenvalue weighted by Gasteiger charge is 2.23. The SMILES string of the molecule is CCOC(C)(C)Cn1cncc1C1CCCCN1. The Morgan fingerprint density at radius 1 is 1.50 bits per heavy atom. The van der Waals surface area contributed by atoms with Gasteiger partial charge in [0.2, 0.25) is 0 Å². The highest BCUT2D eigenvalue weighted by molar-refractivity contribution is 5.07. The van der Waals surface area contributed by atoms with E-state index in [9.17, 15) is 0 Å². The molecule has 1 fully saturated rings. The Labute approximate surface area is 110 Å². The van der Waals surface area contributed by atoms with Gasteiger partial charge in [-0.1, -0.05) is 6.42 Å². The smallest absolute Gasteiger partial charge is 0.0949 e. The molecule has 2 rings (SSSR count). The van der Waals surface area contributed by atoms with Crippen LogP contribution >= 0.6 is 0 Å². The van der Waals surface area contributed by atoms with Gasteiger partial charge in [-0.15, -0.1) is 0 Å². The van der Waals surface area contributed by atoms with E-state index in [2.05, 4.69) is 28.7 Å². The van der Waals surface area contributed by atoms with E-state index in [0.29, 0.717) is 6.04 Å². The van der Waals surface area contributed by atoms with E-state index >= 15 is 0 Å². The van der Waals surface area contributed by atoms with Crippen LogP contribution in [0.4, 0.5) is 0 Å². The number of rotatable bonds is 5. The van der Waals surface area contributed by atoms with Crippen molar-refractivity contribution in [3.05, 3.63) is 18.2 Å². The van der Waals surface area contributed by atoms with Gasteiger partial charge in [0.05, 0.1) is 24.2 Å². The zero-order valence-corrected chi connectivity index (χ0v) is 11.8. The molecule has 1 aromatic heterocycles. The summed E-state index contributed by atoms with van der Waals surface area (Å²) in [5.74, 6) is 0. The molecule has 0 aliphatic carbocycles. The summed E-state index contributed by atoms with van der Waals surface area (Å²) in [5, 5.41) is 3.58. The standard InChI is InChI=1S/C14H25N3O/c1-4-18-14(2,3)10-17-11-15-9-13(17)12-7-5-6-8-16-12/h9,11-12,16H,4-8,10H2,1-3H3. The average molecular weight is 251 g/mol. The maximum atomic E-state index is 5.78. The van der Waals surface area contributed by atoms with Crippen molar-refractivity contribution in [2.24, 2.45) is 0 Å². The number of imidazole rings is 1. The Morgan fingerprint density at radius 3 is 3.00 bits per heavy atom. The number of piperidine rings is 1. The van der Waals surface area contributed by atoms with E-state index in [-0.39, 0.29) is 5.60 Å². The van der Waals surface area contributed by atoms with Gasteiger partial charge in [0.25, 0.3) is 0 Å². The van der Waals surface area contributed by atoms with Gasteiger partial charge >= 0.3 is 0 Å². The van der Waals surface area contributed by atoms with Crippen LogP contribution in [0.5, 0.6) is 0 Å². The first-order valence-electron chi connectivity index (χ1n) is 7.00. The van der Waals surface area contributed by atoms with Crippen molar-refractivity contribution in [2.45, 2.75) is 58.2 Å². The van der Waals surface area contributed by atoms with Crippen LogP contribution in [-0.4, -0.2) is 28.3 Å². The lowest BCUT2D eigenvalue weighted by atomic mass is 10.0. The van der Waals surface area contributed by atoms with E-state index < -0.39 is 0 Å². The zero-order chi connectivity index (χ0) is 13.0. The molecule has 2 heterocycles. The van der Waals surface area contributed by atoms with Crippen LogP contribution in [0.1, 0.15) is 51.8 Å². The fraction of sp³-hybridized carbons (Fsp3) is 0.786. The Morgan fingerprint density at radius 2 is 2.33 bits per heavy atom. The van der Waals surface area contributed by atoms with Crippen molar-refractivity contribution < 1.29 is 4.74 Å². The summed E-state index contributed by atoms with van der Waals surface area (Å²) in [6.45, 7) is 9.03. The summed E-state index contributed by atoms with van der Waals surface area (Å²) in [6.07, 6.45) is 7.71. The molecule has 4 nitrogen and oxygen atoms in total. The monoisotopic (exact) mass is 251 g/mol. The van der Waals surface area contributed by atoms with Gasteiger partial charge in [-0.05, 0) is 40.2 Å². The second-order valence-corrected chi connectivity index (χ2v) is 5.64. The van der Waals surface area contributed by atoms with Crippen LogP contribution in [0.3, 0.4) is 0 Å². The molecule has 1 unspecified atom stereocenters. The molecular weight excluding hydrogens is 226 g/mol. The van der Waals surface area contributed by atoms with Gasteiger partial charge < -0.3 is 14.6 Å². The molecule has 1 aliphatic rings. The van der Waals surface area contributed by atoms with Crippen LogP contribution < -0.4 is 5.32 Å². The minimum atomic E-state index is -0.140. The predicted octanol–water partition coefficient (Wildman–Crippen LogP) is 2.51. The first-order valence-corrected chi connectivity index (χ1v) is 7.00. The summed E-state index contributed by atoms with van der Waals surface area (Å²) in [4.78, 5) is 4.31. The largest absolute Gasteiger partial charge is 0.374 e. The summed E-state index contributed by atoms with van der Waals surface area (Å²) >= 11 is 0. The van der Waals surface area contributed by atoms with E-state index in [1.165, 1.54) is 25.0 Å². The van der Waals surface area contributed by atoms with Gasteiger partial charge in [0.15, 0.2) is 0 Å². The molecular formula is C14H25N3O. The summed E-state index contributed by atoms with van der Waals surface area (Å²) in [5.41, 5.74) is 1.15. The molecule has 4 heteroatoms. The molecule has 102 valence electrons. The van der Waals surface area contributed by atoms with Gasteiger partial charge in [0.1, 0.15) is 0 Å². The second-order valence-electron chi connectivity index (χ2n) is 5.64. The molecule has 0 amide bonds. The molecule has 1 aliphatic heterocycles. The van der Waals surface area contributed by atoms with Crippen LogP contribution in [0.2, 0.25) is 0 Å². The number of hydrogen-bond acceptors (Lipinski definition) is 3. The molecule has 1 N–H and O–H groups in total. The van der Waals surface area contributed by atoms with Gasteiger partial charge in [-0.3, -0.25) is 0 Å². The van der Waals surface area contributed by atoms with Crippen molar-refractivity contribution in [1.82, 2.24) is 14.9 Å². The fourth-order valence-electron chi connectivity index (χ4n) is 2.70. The molecule has 0 spiro atoms. The average Bonchev–Trinajstić information content (AvgIpc) is 2.77. The maximum absolute atomic E-state index is 5.78. The van der Waals surface area contributed by atoms with E-state index in [1.807, 2.05) is 19.4 Å². The molecule has 1 atom stereocenters. The highest BCUT2D eigenvalue weighted by Crippen LogP contribution is 2.24. The van der Waals surface area contributed by atoms with E-state index in [1.54, 1.807) is 0 Å². The molecule has 0 radical (unpaired) electrons. The van der Waals surface area contributed by atoms with Gasteiger partial charge in [-0.25, -0.2) is 4.98 Å². The maximum Gasteiger partial charge on any atom is 0.0949 e. The number of nitrogens with zero attached hydrogens (tertiary/aromatic N) is 2. The molecule has 1 saturated heterocycles. The highest BCUT2D eigenvalue weighted by atomic mass is 16.5. The minimum absolute atomic E-state index is 0.140. The van der Waals surface area contributed by atoms with Crippen LogP contribution in [-0.2, 0) is 11.3 Å². The Hall–Kier alpha value is -0.870. The van der Waals surface area contributed by atoms with E-state index in [0.717, 1.165) is 19.7 Å². The Balaban J connectivity index is 2.07. The molecule has 0 saturated carbocycles. The topological polar surface area (TPSA) is 39.1 Å². The van der Waals surface area contributed by atoms with Crippen LogP contribution in [0, 0.1) is 0 Å². The number of hydrogen-bond donors (Lipinski definition) is 1. The van der Waals surface area contributed by atoms with Crippen molar-refractivity contribution >= 4 is 0 Å². The molecule has 0 bridgehead atoms. The number of ether oxygens (including phenoxy) is 1. The fourth-order valence-corrected chi connectivity index (χ4v) is 2.70. The molecule has 18 heavy (non-hydrogen) atoms. The Kier molecular flexibility index (Phi) is 4.40. The lowest BCUT2D eigenvalue weighted by molar-refractivity contribution is -0.0231. The van der Waals surface area contributed by atoms with Crippen LogP contribution in [0.25, 0.3) is 0 Å². The molecule has 0 aromatic carbocycles. The summed E-state index contributed by atoms with van der Waals surface area (Å²) < 4.78 is 8.01. The van der Waals surface area contributed by atoms with Crippen molar-refractivity contribution in [3.63, 3.8) is 0 Å². The summed E-state index contributed by atoms with van der Waals surface area (Å²) in [7, 11) is 0. The van der Waals surface area contributed by atoms with Gasteiger partial charge in [0, 0.05) is 18.8 Å². The first-order chi connectivity index (χ1) is 8.62. The summed E-state index contributed by atoms with van der Waals surface area (Å²) in [6, 6.07) is 0.457.